The second kappa shape index (κ2) is 7.02. The number of hydrogen-bond donors (Lipinski definition) is 2. The summed E-state index contributed by atoms with van der Waals surface area (Å²) in [4.78, 5) is 12.1. The largest absolute Gasteiger partial charge is 0.377 e. The van der Waals surface area contributed by atoms with Gasteiger partial charge in [-0.25, -0.2) is 13.6 Å². The SMILES string of the molecule is CCOC(C)CNC(=O)c1cc(S(N)(=O)=O)c(C)cc1C. The topological polar surface area (TPSA) is 98.5 Å². The van der Waals surface area contributed by atoms with E-state index in [0.717, 1.165) is 0 Å². The van der Waals surface area contributed by atoms with Crippen molar-refractivity contribution < 1.29 is 17.9 Å². The van der Waals surface area contributed by atoms with Crippen LogP contribution in [0.1, 0.15) is 35.3 Å². The molecule has 0 saturated carbocycles. The molecule has 1 aromatic carbocycles. The Kier molecular flexibility index (Phi) is 5.88. The molecule has 0 radical (unpaired) electrons. The van der Waals surface area contributed by atoms with Crippen molar-refractivity contribution in [2.45, 2.75) is 38.7 Å². The molecule has 0 aliphatic carbocycles. The molecule has 1 atom stereocenters. The molecule has 0 bridgehead atoms. The van der Waals surface area contributed by atoms with E-state index in [0.29, 0.717) is 29.8 Å². The number of carbonyl (C=O) groups is 1. The summed E-state index contributed by atoms with van der Waals surface area (Å²) >= 11 is 0. The molecule has 21 heavy (non-hydrogen) atoms. The zero-order valence-electron chi connectivity index (χ0n) is 12.8. The summed E-state index contributed by atoms with van der Waals surface area (Å²) in [5.74, 6) is -0.344. The van der Waals surface area contributed by atoms with Crippen LogP contribution >= 0.6 is 0 Å². The molecule has 1 unspecified atom stereocenters. The highest BCUT2D eigenvalue weighted by Gasteiger charge is 2.18. The normalized spacial score (nSPS) is 13.0. The number of hydrogen-bond acceptors (Lipinski definition) is 4. The second-order valence-electron chi connectivity index (χ2n) is 4.95. The van der Waals surface area contributed by atoms with Crippen molar-refractivity contribution in [2.75, 3.05) is 13.2 Å². The summed E-state index contributed by atoms with van der Waals surface area (Å²) in [7, 11) is -3.85. The van der Waals surface area contributed by atoms with Crippen LogP contribution in [-0.2, 0) is 14.8 Å². The van der Waals surface area contributed by atoms with Crippen LogP contribution in [0.5, 0.6) is 0 Å². The first-order valence-electron chi connectivity index (χ1n) is 6.70. The number of sulfonamides is 1. The molecule has 1 aromatic rings. The molecule has 0 saturated heterocycles. The fourth-order valence-electron chi connectivity index (χ4n) is 2.06. The van der Waals surface area contributed by atoms with E-state index < -0.39 is 10.0 Å². The molecule has 0 aliphatic heterocycles. The first-order chi connectivity index (χ1) is 9.66. The van der Waals surface area contributed by atoms with Gasteiger partial charge in [0.1, 0.15) is 0 Å². The molecular weight excluding hydrogens is 292 g/mol. The van der Waals surface area contributed by atoms with Crippen molar-refractivity contribution in [3.05, 3.63) is 28.8 Å². The fourth-order valence-corrected chi connectivity index (χ4v) is 2.85. The number of amides is 1. The predicted octanol–water partition coefficient (Wildman–Crippen LogP) is 1.11. The third-order valence-electron chi connectivity index (χ3n) is 3.07. The van der Waals surface area contributed by atoms with Gasteiger partial charge in [-0.05, 0) is 44.9 Å². The molecule has 118 valence electrons. The van der Waals surface area contributed by atoms with Crippen LogP contribution in [0.3, 0.4) is 0 Å². The summed E-state index contributed by atoms with van der Waals surface area (Å²) in [5.41, 5.74) is 1.52. The van der Waals surface area contributed by atoms with Gasteiger partial charge in [0.15, 0.2) is 0 Å². The number of rotatable bonds is 6. The summed E-state index contributed by atoms with van der Waals surface area (Å²) in [6, 6.07) is 2.96. The Labute approximate surface area is 125 Å². The number of primary sulfonamides is 1. The summed E-state index contributed by atoms with van der Waals surface area (Å²) in [5, 5.41) is 7.88. The monoisotopic (exact) mass is 314 g/mol. The minimum Gasteiger partial charge on any atom is -0.377 e. The fraction of sp³-hybridized carbons (Fsp3) is 0.500. The Balaban J connectivity index is 3.00. The van der Waals surface area contributed by atoms with Gasteiger partial charge >= 0.3 is 0 Å². The molecule has 0 fully saturated rings. The first kappa shape index (κ1) is 17.6. The molecule has 0 aromatic heterocycles. The Morgan fingerprint density at radius 1 is 1.33 bits per heavy atom. The molecule has 1 rings (SSSR count). The van der Waals surface area contributed by atoms with Crippen LogP contribution in [-0.4, -0.2) is 33.6 Å². The number of carbonyl (C=O) groups excluding carboxylic acids is 1. The Bertz CT molecular complexity index is 626. The van der Waals surface area contributed by atoms with Crippen LogP contribution in [0.4, 0.5) is 0 Å². The van der Waals surface area contributed by atoms with Crippen molar-refractivity contribution >= 4 is 15.9 Å². The lowest BCUT2D eigenvalue weighted by Crippen LogP contribution is -2.32. The Hall–Kier alpha value is -1.44. The van der Waals surface area contributed by atoms with E-state index in [2.05, 4.69) is 5.32 Å². The first-order valence-corrected chi connectivity index (χ1v) is 8.25. The van der Waals surface area contributed by atoms with Crippen molar-refractivity contribution in [3.8, 4) is 0 Å². The number of benzene rings is 1. The second-order valence-corrected chi connectivity index (χ2v) is 6.48. The smallest absolute Gasteiger partial charge is 0.251 e. The predicted molar refractivity (Wildman–Crippen MR) is 80.7 cm³/mol. The van der Waals surface area contributed by atoms with Crippen molar-refractivity contribution in [2.24, 2.45) is 5.14 Å². The van der Waals surface area contributed by atoms with Gasteiger partial charge in [0.2, 0.25) is 10.0 Å². The lowest BCUT2D eigenvalue weighted by atomic mass is 10.0. The zero-order valence-corrected chi connectivity index (χ0v) is 13.6. The quantitative estimate of drug-likeness (QED) is 0.821. The molecule has 1 amide bonds. The molecular formula is C14H22N2O4S. The minimum absolute atomic E-state index is 0.0314. The molecule has 0 aliphatic rings. The highest BCUT2D eigenvalue weighted by molar-refractivity contribution is 7.89. The number of nitrogens with one attached hydrogen (secondary N) is 1. The number of aryl methyl sites for hydroxylation is 2. The summed E-state index contributed by atoms with van der Waals surface area (Å²) < 4.78 is 28.4. The molecule has 0 spiro atoms. The standard InChI is InChI=1S/C14H22N2O4S/c1-5-20-11(4)8-16-14(17)12-7-13(21(15,18)19)10(3)6-9(12)2/h6-7,11H,5,8H2,1-4H3,(H,16,17)(H2,15,18,19). The van der Waals surface area contributed by atoms with Gasteiger partial charge in [0, 0.05) is 18.7 Å². The van der Waals surface area contributed by atoms with E-state index in [-0.39, 0.29) is 16.9 Å². The third-order valence-corrected chi connectivity index (χ3v) is 4.13. The van der Waals surface area contributed by atoms with Gasteiger partial charge in [0.05, 0.1) is 11.0 Å². The molecule has 7 heteroatoms. The van der Waals surface area contributed by atoms with Gasteiger partial charge in [-0.1, -0.05) is 6.07 Å². The highest BCUT2D eigenvalue weighted by atomic mass is 32.2. The van der Waals surface area contributed by atoms with Crippen LogP contribution in [0, 0.1) is 13.8 Å². The summed E-state index contributed by atoms with van der Waals surface area (Å²) in [6.07, 6.45) is -0.109. The third kappa shape index (κ3) is 4.80. The van der Waals surface area contributed by atoms with E-state index >= 15 is 0 Å². The average molecular weight is 314 g/mol. The van der Waals surface area contributed by atoms with Crippen molar-refractivity contribution in [3.63, 3.8) is 0 Å². The number of nitrogens with two attached hydrogens (primary N) is 1. The maximum atomic E-state index is 12.2. The van der Waals surface area contributed by atoms with Crippen molar-refractivity contribution in [1.29, 1.82) is 0 Å². The highest BCUT2D eigenvalue weighted by Crippen LogP contribution is 2.19. The van der Waals surface area contributed by atoms with Crippen LogP contribution in [0.15, 0.2) is 17.0 Å². The van der Waals surface area contributed by atoms with E-state index in [1.54, 1.807) is 19.9 Å². The van der Waals surface area contributed by atoms with E-state index in [1.807, 2.05) is 13.8 Å². The Morgan fingerprint density at radius 3 is 2.48 bits per heavy atom. The van der Waals surface area contributed by atoms with E-state index in [1.165, 1.54) is 6.07 Å². The number of ether oxygens (including phenoxy) is 1. The van der Waals surface area contributed by atoms with Gasteiger partial charge in [0.25, 0.3) is 5.91 Å². The summed E-state index contributed by atoms with van der Waals surface area (Å²) in [6.45, 7) is 8.04. The van der Waals surface area contributed by atoms with Crippen LogP contribution in [0.25, 0.3) is 0 Å². The van der Waals surface area contributed by atoms with E-state index in [9.17, 15) is 13.2 Å². The van der Waals surface area contributed by atoms with Crippen LogP contribution < -0.4 is 10.5 Å². The lowest BCUT2D eigenvalue weighted by Gasteiger charge is -2.14. The molecule has 3 N–H and O–H groups in total. The van der Waals surface area contributed by atoms with Gasteiger partial charge in [-0.3, -0.25) is 4.79 Å². The molecule has 0 heterocycles. The van der Waals surface area contributed by atoms with Crippen LogP contribution in [0.2, 0.25) is 0 Å². The van der Waals surface area contributed by atoms with E-state index in [4.69, 9.17) is 9.88 Å². The van der Waals surface area contributed by atoms with Gasteiger partial charge in [-0.2, -0.15) is 0 Å². The minimum atomic E-state index is -3.85. The zero-order chi connectivity index (χ0) is 16.2. The molecule has 6 nitrogen and oxygen atoms in total. The average Bonchev–Trinajstić information content (AvgIpc) is 2.34. The maximum Gasteiger partial charge on any atom is 0.251 e. The maximum absolute atomic E-state index is 12.2. The van der Waals surface area contributed by atoms with Crippen molar-refractivity contribution in [1.82, 2.24) is 5.32 Å². The van der Waals surface area contributed by atoms with Gasteiger partial charge in [-0.15, -0.1) is 0 Å². The Morgan fingerprint density at radius 2 is 1.95 bits per heavy atom. The lowest BCUT2D eigenvalue weighted by molar-refractivity contribution is 0.0695. The van der Waals surface area contributed by atoms with Gasteiger partial charge < -0.3 is 10.1 Å².